The molecule has 0 radical (unpaired) electrons. The fraction of sp³-hybridized carbons (Fsp3) is 0.917. The average Bonchev–Trinajstić information content (AvgIpc) is 2.20. The number of hydrogen-bond donors (Lipinski definition) is 1. The Balaban J connectivity index is 3.29. The van der Waals surface area contributed by atoms with Gasteiger partial charge in [0.15, 0.2) is 0 Å². The van der Waals surface area contributed by atoms with Crippen molar-refractivity contribution in [3.8, 4) is 6.07 Å². The van der Waals surface area contributed by atoms with E-state index >= 15 is 0 Å². The predicted molar refractivity (Wildman–Crippen MR) is 61.4 cm³/mol. The third kappa shape index (κ3) is 11.5. The summed E-state index contributed by atoms with van der Waals surface area (Å²) in [5.41, 5.74) is -0.308. The van der Waals surface area contributed by atoms with Crippen molar-refractivity contribution in [2.45, 2.75) is 52.1 Å². The van der Waals surface area contributed by atoms with E-state index in [0.717, 1.165) is 19.4 Å². The van der Waals surface area contributed by atoms with Crippen LogP contribution >= 0.6 is 0 Å². The van der Waals surface area contributed by atoms with E-state index in [1.807, 2.05) is 13.8 Å². The van der Waals surface area contributed by atoms with E-state index in [1.165, 1.54) is 0 Å². The predicted octanol–water partition coefficient (Wildman–Crippen LogP) is 3.64. The van der Waals surface area contributed by atoms with E-state index in [9.17, 15) is 13.2 Å². The Hall–Kier alpha value is -0.760. The van der Waals surface area contributed by atoms with Crippen LogP contribution in [0, 0.1) is 16.7 Å². The van der Waals surface area contributed by atoms with E-state index in [-0.39, 0.29) is 11.8 Å². The molecule has 0 aromatic rings. The summed E-state index contributed by atoms with van der Waals surface area (Å²) in [7, 11) is 0. The second kappa shape index (κ2) is 7.54. The topological polar surface area (TPSA) is 35.8 Å². The largest absolute Gasteiger partial charge is 0.389 e. The summed E-state index contributed by atoms with van der Waals surface area (Å²) in [6.45, 7) is 5.15. The van der Waals surface area contributed by atoms with Gasteiger partial charge in [-0.1, -0.05) is 0 Å². The van der Waals surface area contributed by atoms with Crippen LogP contribution in [-0.4, -0.2) is 19.3 Å². The molecule has 0 aromatic carbocycles. The molecular weight excluding hydrogens is 229 g/mol. The first-order valence-corrected chi connectivity index (χ1v) is 5.95. The molecule has 0 unspecified atom stereocenters. The molecule has 1 N–H and O–H groups in total. The van der Waals surface area contributed by atoms with E-state index in [4.69, 9.17) is 5.26 Å². The Bertz CT molecular complexity index is 241. The Morgan fingerprint density at radius 1 is 1.00 bits per heavy atom. The van der Waals surface area contributed by atoms with Crippen molar-refractivity contribution in [3.05, 3.63) is 0 Å². The Morgan fingerprint density at radius 2 is 1.59 bits per heavy atom. The Kier molecular flexibility index (Phi) is 7.21. The minimum absolute atomic E-state index is 0.181. The highest BCUT2D eigenvalue weighted by Crippen LogP contribution is 2.22. The second-order valence-electron chi connectivity index (χ2n) is 4.92. The van der Waals surface area contributed by atoms with Gasteiger partial charge in [0.05, 0.1) is 11.5 Å². The van der Waals surface area contributed by atoms with Crippen LogP contribution in [0.5, 0.6) is 0 Å². The van der Waals surface area contributed by atoms with Crippen molar-refractivity contribution in [1.29, 1.82) is 5.26 Å². The molecule has 5 heteroatoms. The quantitative estimate of drug-likeness (QED) is 0.668. The summed E-state index contributed by atoms with van der Waals surface area (Å²) in [6, 6.07) is 2.22. The lowest BCUT2D eigenvalue weighted by atomic mass is 9.90. The molecule has 0 fully saturated rings. The van der Waals surface area contributed by atoms with Gasteiger partial charge in [0, 0.05) is 6.42 Å². The monoisotopic (exact) mass is 250 g/mol. The highest BCUT2D eigenvalue weighted by molar-refractivity contribution is 4.91. The molecular formula is C12H21F3N2. The van der Waals surface area contributed by atoms with Gasteiger partial charge in [0.25, 0.3) is 0 Å². The van der Waals surface area contributed by atoms with Gasteiger partial charge >= 0.3 is 6.18 Å². The van der Waals surface area contributed by atoms with E-state index in [0.29, 0.717) is 13.0 Å². The molecule has 2 nitrogen and oxygen atoms in total. The lowest BCUT2D eigenvalue weighted by Crippen LogP contribution is -2.19. The third-order valence-corrected chi connectivity index (χ3v) is 2.52. The molecule has 0 spiro atoms. The highest BCUT2D eigenvalue weighted by Gasteiger charge is 2.25. The summed E-state index contributed by atoms with van der Waals surface area (Å²) < 4.78 is 35.4. The van der Waals surface area contributed by atoms with Crippen molar-refractivity contribution < 1.29 is 13.2 Å². The first-order chi connectivity index (χ1) is 7.77. The van der Waals surface area contributed by atoms with Gasteiger partial charge in [0.2, 0.25) is 0 Å². The Morgan fingerprint density at radius 3 is 2.12 bits per heavy atom. The smallest absolute Gasteiger partial charge is 0.317 e. The lowest BCUT2D eigenvalue weighted by molar-refractivity contribution is -0.135. The fourth-order valence-corrected chi connectivity index (χ4v) is 1.41. The summed E-state index contributed by atoms with van der Waals surface area (Å²) in [5, 5.41) is 11.9. The number of hydrogen-bond acceptors (Lipinski definition) is 2. The van der Waals surface area contributed by atoms with Crippen molar-refractivity contribution >= 4 is 0 Å². The zero-order valence-electron chi connectivity index (χ0n) is 10.5. The molecule has 0 saturated heterocycles. The van der Waals surface area contributed by atoms with Crippen LogP contribution in [0.2, 0.25) is 0 Å². The highest BCUT2D eigenvalue weighted by atomic mass is 19.4. The molecule has 0 heterocycles. The normalized spacial score (nSPS) is 12.5. The standard InChI is InChI=1S/C12H21F3N2/c1-11(2,10-16)6-5-9-17-8-4-3-7-12(13,14)15/h17H,3-9H2,1-2H3. The molecule has 0 saturated carbocycles. The van der Waals surface area contributed by atoms with Crippen LogP contribution in [0.15, 0.2) is 0 Å². The van der Waals surface area contributed by atoms with Crippen LogP contribution in [0.3, 0.4) is 0 Å². The number of nitriles is 1. The van der Waals surface area contributed by atoms with Gasteiger partial charge in [-0.05, 0) is 52.6 Å². The van der Waals surface area contributed by atoms with E-state index < -0.39 is 12.6 Å². The number of alkyl halides is 3. The molecule has 0 aliphatic rings. The van der Waals surface area contributed by atoms with Crippen molar-refractivity contribution in [2.75, 3.05) is 13.1 Å². The molecule has 100 valence electrons. The zero-order chi connectivity index (χ0) is 13.4. The zero-order valence-corrected chi connectivity index (χ0v) is 10.5. The van der Waals surface area contributed by atoms with E-state index in [1.54, 1.807) is 0 Å². The van der Waals surface area contributed by atoms with Crippen molar-refractivity contribution in [2.24, 2.45) is 5.41 Å². The average molecular weight is 250 g/mol. The lowest BCUT2D eigenvalue weighted by Gasteiger charge is -2.14. The fourth-order valence-electron chi connectivity index (χ4n) is 1.41. The number of unbranched alkanes of at least 4 members (excludes halogenated alkanes) is 1. The maximum atomic E-state index is 11.8. The maximum Gasteiger partial charge on any atom is 0.389 e. The molecule has 0 amide bonds. The summed E-state index contributed by atoms with van der Waals surface area (Å²) in [5.74, 6) is 0. The summed E-state index contributed by atoms with van der Waals surface area (Å²) in [6.07, 6.45) is -2.33. The number of nitrogens with one attached hydrogen (secondary N) is 1. The van der Waals surface area contributed by atoms with Crippen LogP contribution in [-0.2, 0) is 0 Å². The third-order valence-electron chi connectivity index (χ3n) is 2.52. The molecule has 17 heavy (non-hydrogen) atoms. The first kappa shape index (κ1) is 16.2. The van der Waals surface area contributed by atoms with E-state index in [2.05, 4.69) is 11.4 Å². The molecule has 0 aliphatic heterocycles. The number of halogens is 3. The van der Waals surface area contributed by atoms with Crippen molar-refractivity contribution in [1.82, 2.24) is 5.32 Å². The summed E-state index contributed by atoms with van der Waals surface area (Å²) in [4.78, 5) is 0. The molecule has 0 aliphatic carbocycles. The van der Waals surface area contributed by atoms with Gasteiger partial charge in [-0.15, -0.1) is 0 Å². The molecule has 0 rings (SSSR count). The molecule has 0 aromatic heterocycles. The van der Waals surface area contributed by atoms with Crippen LogP contribution in [0.4, 0.5) is 13.2 Å². The maximum absolute atomic E-state index is 11.8. The van der Waals surface area contributed by atoms with Gasteiger partial charge in [-0.3, -0.25) is 0 Å². The second-order valence-corrected chi connectivity index (χ2v) is 4.92. The van der Waals surface area contributed by atoms with Crippen LogP contribution < -0.4 is 5.32 Å². The van der Waals surface area contributed by atoms with Gasteiger partial charge in [-0.2, -0.15) is 18.4 Å². The number of rotatable bonds is 8. The van der Waals surface area contributed by atoms with Gasteiger partial charge in [0.1, 0.15) is 0 Å². The molecule has 0 bridgehead atoms. The van der Waals surface area contributed by atoms with Crippen LogP contribution in [0.25, 0.3) is 0 Å². The van der Waals surface area contributed by atoms with Gasteiger partial charge in [-0.25, -0.2) is 0 Å². The van der Waals surface area contributed by atoms with Crippen LogP contribution in [0.1, 0.15) is 46.0 Å². The van der Waals surface area contributed by atoms with Crippen molar-refractivity contribution in [3.63, 3.8) is 0 Å². The number of nitrogens with zero attached hydrogens (tertiary/aromatic N) is 1. The minimum atomic E-state index is -4.03. The summed E-state index contributed by atoms with van der Waals surface area (Å²) >= 11 is 0. The minimum Gasteiger partial charge on any atom is -0.317 e. The Labute approximate surface area is 101 Å². The first-order valence-electron chi connectivity index (χ1n) is 5.95. The SMILES string of the molecule is CC(C)(C#N)CCCNCCCCC(F)(F)F. The molecule has 0 atom stereocenters. The van der Waals surface area contributed by atoms with Gasteiger partial charge < -0.3 is 5.32 Å².